The molecule has 0 amide bonds. The minimum atomic E-state index is -0.535. The largest absolute Gasteiger partial charge is 0.507 e. The van der Waals surface area contributed by atoms with E-state index in [-0.39, 0.29) is 11.3 Å². The SMILES string of the molecule is C=CC[C@H](N)c1c(F)ccc(C)c1O. The van der Waals surface area contributed by atoms with Gasteiger partial charge in [0.1, 0.15) is 11.6 Å². The Morgan fingerprint density at radius 1 is 1.64 bits per heavy atom. The van der Waals surface area contributed by atoms with E-state index in [4.69, 9.17) is 5.73 Å². The normalized spacial score (nSPS) is 12.5. The van der Waals surface area contributed by atoms with Crippen LogP contribution in [-0.2, 0) is 0 Å². The number of halogens is 1. The lowest BCUT2D eigenvalue weighted by molar-refractivity contribution is 0.445. The van der Waals surface area contributed by atoms with E-state index in [2.05, 4.69) is 6.58 Å². The first kappa shape index (κ1) is 10.7. The Morgan fingerprint density at radius 3 is 2.86 bits per heavy atom. The molecule has 1 aromatic rings. The second kappa shape index (κ2) is 4.24. The highest BCUT2D eigenvalue weighted by Crippen LogP contribution is 2.30. The fourth-order valence-corrected chi connectivity index (χ4v) is 1.34. The van der Waals surface area contributed by atoms with Gasteiger partial charge in [-0.2, -0.15) is 0 Å². The van der Waals surface area contributed by atoms with Crippen LogP contribution < -0.4 is 5.73 Å². The number of aromatic hydroxyl groups is 1. The molecule has 0 saturated carbocycles. The lowest BCUT2D eigenvalue weighted by atomic mass is 10.0. The lowest BCUT2D eigenvalue weighted by Crippen LogP contribution is -2.11. The molecule has 1 atom stereocenters. The van der Waals surface area contributed by atoms with E-state index in [1.54, 1.807) is 13.0 Å². The highest BCUT2D eigenvalue weighted by atomic mass is 19.1. The molecule has 0 aliphatic carbocycles. The number of aryl methyl sites for hydroxylation is 1. The summed E-state index contributed by atoms with van der Waals surface area (Å²) >= 11 is 0. The van der Waals surface area contributed by atoms with Gasteiger partial charge in [0.05, 0.1) is 0 Å². The maximum absolute atomic E-state index is 13.3. The van der Waals surface area contributed by atoms with Crippen molar-refractivity contribution in [1.82, 2.24) is 0 Å². The van der Waals surface area contributed by atoms with E-state index in [9.17, 15) is 9.50 Å². The van der Waals surface area contributed by atoms with Gasteiger partial charge < -0.3 is 10.8 Å². The second-order valence-electron chi connectivity index (χ2n) is 3.26. The average Bonchev–Trinajstić information content (AvgIpc) is 2.13. The molecule has 0 bridgehead atoms. The average molecular weight is 195 g/mol. The summed E-state index contributed by atoms with van der Waals surface area (Å²) in [4.78, 5) is 0. The Labute approximate surface area is 82.9 Å². The third-order valence-corrected chi connectivity index (χ3v) is 2.16. The van der Waals surface area contributed by atoms with Crippen molar-refractivity contribution >= 4 is 0 Å². The number of nitrogens with two attached hydrogens (primary N) is 1. The van der Waals surface area contributed by atoms with Crippen molar-refractivity contribution in [3.8, 4) is 5.75 Å². The third kappa shape index (κ3) is 1.93. The van der Waals surface area contributed by atoms with Gasteiger partial charge in [0, 0.05) is 11.6 Å². The van der Waals surface area contributed by atoms with Crippen molar-refractivity contribution in [2.24, 2.45) is 5.73 Å². The molecule has 0 saturated heterocycles. The molecular formula is C11H14FNO. The van der Waals surface area contributed by atoms with Gasteiger partial charge in [-0.25, -0.2) is 4.39 Å². The summed E-state index contributed by atoms with van der Waals surface area (Å²) in [5.74, 6) is -0.526. The van der Waals surface area contributed by atoms with Crippen LogP contribution >= 0.6 is 0 Å². The minimum Gasteiger partial charge on any atom is -0.507 e. The van der Waals surface area contributed by atoms with Crippen molar-refractivity contribution < 1.29 is 9.50 Å². The van der Waals surface area contributed by atoms with E-state index in [1.165, 1.54) is 12.1 Å². The Kier molecular flexibility index (Phi) is 3.25. The van der Waals surface area contributed by atoms with Crippen LogP contribution in [0.5, 0.6) is 5.75 Å². The molecule has 1 rings (SSSR count). The molecule has 0 aliphatic heterocycles. The Morgan fingerprint density at radius 2 is 2.29 bits per heavy atom. The first-order valence-electron chi connectivity index (χ1n) is 4.42. The molecule has 0 aromatic heterocycles. The maximum atomic E-state index is 13.3. The Bertz CT molecular complexity index is 349. The van der Waals surface area contributed by atoms with Crippen molar-refractivity contribution in [1.29, 1.82) is 0 Å². The van der Waals surface area contributed by atoms with Crippen LogP contribution in [0.25, 0.3) is 0 Å². The molecule has 0 spiro atoms. The Hall–Kier alpha value is -1.35. The van der Waals surface area contributed by atoms with Gasteiger partial charge >= 0.3 is 0 Å². The van der Waals surface area contributed by atoms with Crippen LogP contribution in [0.3, 0.4) is 0 Å². The number of phenols is 1. The van der Waals surface area contributed by atoms with Gasteiger partial charge in [-0.05, 0) is 25.0 Å². The summed E-state index contributed by atoms with van der Waals surface area (Å²) in [5.41, 5.74) is 6.50. The van der Waals surface area contributed by atoms with Crippen LogP contribution in [0.1, 0.15) is 23.6 Å². The summed E-state index contributed by atoms with van der Waals surface area (Å²) in [6.07, 6.45) is 2.04. The second-order valence-corrected chi connectivity index (χ2v) is 3.26. The van der Waals surface area contributed by atoms with Crippen molar-refractivity contribution in [3.63, 3.8) is 0 Å². The van der Waals surface area contributed by atoms with E-state index in [0.717, 1.165) is 0 Å². The Balaban J connectivity index is 3.17. The zero-order valence-electron chi connectivity index (χ0n) is 8.13. The molecule has 0 heterocycles. The molecule has 0 radical (unpaired) electrons. The highest BCUT2D eigenvalue weighted by Gasteiger charge is 2.16. The van der Waals surface area contributed by atoms with Gasteiger partial charge in [-0.3, -0.25) is 0 Å². The smallest absolute Gasteiger partial charge is 0.131 e. The van der Waals surface area contributed by atoms with E-state index < -0.39 is 11.9 Å². The minimum absolute atomic E-state index is 0.0562. The molecule has 0 fully saturated rings. The molecule has 0 unspecified atom stereocenters. The van der Waals surface area contributed by atoms with Gasteiger partial charge in [0.2, 0.25) is 0 Å². The first-order valence-corrected chi connectivity index (χ1v) is 4.42. The predicted molar refractivity (Wildman–Crippen MR) is 54.5 cm³/mol. The molecule has 1 aromatic carbocycles. The van der Waals surface area contributed by atoms with Crippen LogP contribution in [-0.4, -0.2) is 5.11 Å². The lowest BCUT2D eigenvalue weighted by Gasteiger charge is -2.14. The quantitative estimate of drug-likeness (QED) is 0.727. The van der Waals surface area contributed by atoms with Crippen LogP contribution in [0.4, 0.5) is 4.39 Å². The molecular weight excluding hydrogens is 181 g/mol. The summed E-state index contributed by atoms with van der Waals surface area (Å²) in [6, 6.07) is 2.30. The molecule has 3 heteroatoms. The van der Waals surface area contributed by atoms with Crippen LogP contribution in [0.2, 0.25) is 0 Å². The number of phenolic OH excluding ortho intramolecular Hbond substituents is 1. The van der Waals surface area contributed by atoms with Gasteiger partial charge in [-0.15, -0.1) is 6.58 Å². The topological polar surface area (TPSA) is 46.2 Å². The monoisotopic (exact) mass is 195 g/mol. The van der Waals surface area contributed by atoms with Crippen LogP contribution in [0.15, 0.2) is 24.8 Å². The van der Waals surface area contributed by atoms with Crippen molar-refractivity contribution in [3.05, 3.63) is 41.7 Å². The first-order chi connectivity index (χ1) is 6.57. The van der Waals surface area contributed by atoms with E-state index in [1.807, 2.05) is 0 Å². The van der Waals surface area contributed by atoms with Crippen LogP contribution in [0, 0.1) is 12.7 Å². The fraction of sp³-hybridized carbons (Fsp3) is 0.273. The third-order valence-electron chi connectivity index (χ3n) is 2.16. The van der Waals surface area contributed by atoms with Gasteiger partial charge in [-0.1, -0.05) is 12.1 Å². The van der Waals surface area contributed by atoms with Gasteiger partial charge in [0.25, 0.3) is 0 Å². The van der Waals surface area contributed by atoms with E-state index >= 15 is 0 Å². The van der Waals surface area contributed by atoms with Gasteiger partial charge in [0.15, 0.2) is 0 Å². The predicted octanol–water partition coefficient (Wildman–Crippen LogP) is 2.42. The number of rotatable bonds is 3. The molecule has 76 valence electrons. The standard InChI is InChI=1S/C11H14FNO/c1-3-4-9(13)10-8(12)6-5-7(2)11(10)14/h3,5-6,9,14H,1,4,13H2,2H3/t9-/m0/s1. The summed E-state index contributed by atoms with van der Waals surface area (Å²) in [5, 5.41) is 9.62. The zero-order chi connectivity index (χ0) is 10.7. The summed E-state index contributed by atoms with van der Waals surface area (Å²) < 4.78 is 13.3. The molecule has 2 nitrogen and oxygen atoms in total. The van der Waals surface area contributed by atoms with Crippen molar-refractivity contribution in [2.45, 2.75) is 19.4 Å². The maximum Gasteiger partial charge on any atom is 0.131 e. The van der Waals surface area contributed by atoms with E-state index in [0.29, 0.717) is 12.0 Å². The molecule has 14 heavy (non-hydrogen) atoms. The summed E-state index contributed by atoms with van der Waals surface area (Å²) in [6.45, 7) is 5.23. The number of hydrogen-bond acceptors (Lipinski definition) is 2. The molecule has 0 aliphatic rings. The fourth-order valence-electron chi connectivity index (χ4n) is 1.34. The molecule has 3 N–H and O–H groups in total. The van der Waals surface area contributed by atoms with Crippen molar-refractivity contribution in [2.75, 3.05) is 0 Å². The summed E-state index contributed by atoms with van der Waals surface area (Å²) in [7, 11) is 0. The number of hydrogen-bond donors (Lipinski definition) is 2. The highest BCUT2D eigenvalue weighted by molar-refractivity contribution is 5.42. The zero-order valence-corrected chi connectivity index (χ0v) is 8.13. The number of benzene rings is 1.